The first-order chi connectivity index (χ1) is 10.0. The summed E-state index contributed by atoms with van der Waals surface area (Å²) in [6.45, 7) is 1.83. The molecule has 0 bridgehead atoms. The van der Waals surface area contributed by atoms with Gasteiger partial charge in [-0.2, -0.15) is 4.98 Å². The molecule has 21 heavy (non-hydrogen) atoms. The quantitative estimate of drug-likeness (QED) is 0.474. The van der Waals surface area contributed by atoms with E-state index in [0.717, 1.165) is 12.3 Å². The van der Waals surface area contributed by atoms with Gasteiger partial charge >= 0.3 is 17.7 Å². The molecule has 0 saturated heterocycles. The predicted molar refractivity (Wildman–Crippen MR) is 70.6 cm³/mol. The maximum atomic E-state index is 11.4. The van der Waals surface area contributed by atoms with E-state index in [0.29, 0.717) is 0 Å². The number of nitro benzene ring substituents is 1. The van der Waals surface area contributed by atoms with E-state index in [-0.39, 0.29) is 34.8 Å². The van der Waals surface area contributed by atoms with Gasteiger partial charge in [0.05, 0.1) is 11.5 Å². The standard InChI is InChI=1S/C12H9ClN2O6/c1-2-19-11(16)8-6-20-12(14-8)21-10-4-3-7(13)5-9(10)15(17)18/h3-6H,2H2,1H3. The fourth-order valence-corrected chi connectivity index (χ4v) is 1.58. The lowest BCUT2D eigenvalue weighted by atomic mass is 10.3. The lowest BCUT2D eigenvalue weighted by Gasteiger charge is -2.02. The molecule has 0 radical (unpaired) electrons. The van der Waals surface area contributed by atoms with E-state index >= 15 is 0 Å². The Morgan fingerprint density at radius 3 is 2.95 bits per heavy atom. The second-order valence-corrected chi connectivity index (χ2v) is 4.13. The Morgan fingerprint density at radius 2 is 2.29 bits per heavy atom. The summed E-state index contributed by atoms with van der Waals surface area (Å²) < 4.78 is 14.8. The second-order valence-electron chi connectivity index (χ2n) is 3.69. The van der Waals surface area contributed by atoms with Gasteiger partial charge in [-0.15, -0.1) is 0 Å². The summed E-state index contributed by atoms with van der Waals surface area (Å²) in [5.41, 5.74) is -0.443. The molecule has 8 nitrogen and oxygen atoms in total. The normalized spacial score (nSPS) is 10.2. The van der Waals surface area contributed by atoms with Crippen molar-refractivity contribution < 1.29 is 23.6 Å². The van der Waals surface area contributed by atoms with Gasteiger partial charge in [-0.05, 0) is 19.1 Å². The number of oxazole rings is 1. The Bertz CT molecular complexity index is 684. The first-order valence-electron chi connectivity index (χ1n) is 5.75. The molecule has 0 saturated carbocycles. The van der Waals surface area contributed by atoms with Gasteiger partial charge in [0.1, 0.15) is 6.26 Å². The number of hydrogen-bond donors (Lipinski definition) is 0. The van der Waals surface area contributed by atoms with E-state index < -0.39 is 10.9 Å². The van der Waals surface area contributed by atoms with Crippen LogP contribution in [0.3, 0.4) is 0 Å². The molecule has 2 rings (SSSR count). The highest BCUT2D eigenvalue weighted by Gasteiger charge is 2.20. The highest BCUT2D eigenvalue weighted by atomic mass is 35.5. The maximum absolute atomic E-state index is 11.4. The van der Waals surface area contributed by atoms with Crippen LogP contribution in [-0.4, -0.2) is 22.5 Å². The van der Waals surface area contributed by atoms with Crippen molar-refractivity contribution in [3.05, 3.63) is 45.3 Å². The number of nitrogens with zero attached hydrogens (tertiary/aromatic N) is 2. The predicted octanol–water partition coefficient (Wildman–Crippen LogP) is 3.21. The summed E-state index contributed by atoms with van der Waals surface area (Å²) in [5, 5.41) is 11.1. The molecule has 0 aliphatic rings. The van der Waals surface area contributed by atoms with E-state index in [2.05, 4.69) is 4.98 Å². The van der Waals surface area contributed by atoms with Crippen molar-refractivity contribution in [2.75, 3.05) is 6.61 Å². The number of ether oxygens (including phenoxy) is 2. The van der Waals surface area contributed by atoms with Gasteiger partial charge in [0, 0.05) is 11.1 Å². The highest BCUT2D eigenvalue weighted by Crippen LogP contribution is 2.33. The number of esters is 1. The van der Waals surface area contributed by atoms with Crippen molar-refractivity contribution in [1.29, 1.82) is 0 Å². The number of hydrogen-bond acceptors (Lipinski definition) is 7. The third-order valence-corrected chi connectivity index (χ3v) is 2.52. The third-order valence-electron chi connectivity index (χ3n) is 2.28. The molecular weight excluding hydrogens is 304 g/mol. The molecule has 0 fully saturated rings. The lowest BCUT2D eigenvalue weighted by Crippen LogP contribution is -2.04. The second kappa shape index (κ2) is 6.23. The first-order valence-corrected chi connectivity index (χ1v) is 6.13. The van der Waals surface area contributed by atoms with E-state index in [9.17, 15) is 14.9 Å². The van der Waals surface area contributed by atoms with Crippen LogP contribution in [0.2, 0.25) is 5.02 Å². The molecule has 0 atom stereocenters. The van der Waals surface area contributed by atoms with Crippen LogP contribution in [0.15, 0.2) is 28.9 Å². The molecule has 9 heteroatoms. The van der Waals surface area contributed by atoms with Gasteiger partial charge in [0.15, 0.2) is 5.69 Å². The summed E-state index contributed by atoms with van der Waals surface area (Å²) in [6, 6.07) is 3.85. The Kier molecular flexibility index (Phi) is 4.39. The number of aromatic nitrogens is 1. The monoisotopic (exact) mass is 312 g/mol. The molecule has 1 heterocycles. The molecule has 0 N–H and O–H groups in total. The molecule has 0 unspecified atom stereocenters. The molecule has 2 aromatic rings. The van der Waals surface area contributed by atoms with Gasteiger partial charge in [0.25, 0.3) is 0 Å². The molecule has 1 aromatic carbocycles. The van der Waals surface area contributed by atoms with Gasteiger partial charge in [0.2, 0.25) is 5.75 Å². The molecule has 1 aromatic heterocycles. The topological polar surface area (TPSA) is 105 Å². The van der Waals surface area contributed by atoms with Crippen molar-refractivity contribution in [2.45, 2.75) is 6.92 Å². The number of halogens is 1. The molecule has 0 amide bonds. The number of benzene rings is 1. The smallest absolute Gasteiger partial charge is 0.400 e. The van der Waals surface area contributed by atoms with E-state index in [1.54, 1.807) is 6.92 Å². The summed E-state index contributed by atoms with van der Waals surface area (Å²) >= 11 is 5.68. The summed E-state index contributed by atoms with van der Waals surface area (Å²) in [7, 11) is 0. The average Bonchev–Trinajstić information content (AvgIpc) is 2.89. The zero-order chi connectivity index (χ0) is 15.4. The lowest BCUT2D eigenvalue weighted by molar-refractivity contribution is -0.385. The van der Waals surface area contributed by atoms with E-state index in [1.807, 2.05) is 0 Å². The molecule has 0 aliphatic carbocycles. The van der Waals surface area contributed by atoms with Crippen LogP contribution in [0.5, 0.6) is 11.8 Å². The average molecular weight is 313 g/mol. The fraction of sp³-hybridized carbons (Fsp3) is 0.167. The Hall–Kier alpha value is -2.61. The van der Waals surface area contributed by atoms with Crippen LogP contribution in [0, 0.1) is 10.1 Å². The van der Waals surface area contributed by atoms with Crippen molar-refractivity contribution in [3.8, 4) is 11.8 Å². The van der Waals surface area contributed by atoms with E-state index in [1.165, 1.54) is 12.1 Å². The highest BCUT2D eigenvalue weighted by molar-refractivity contribution is 6.30. The zero-order valence-electron chi connectivity index (χ0n) is 10.7. The molecular formula is C12H9ClN2O6. The largest absolute Gasteiger partial charge is 0.461 e. The number of carbonyl (C=O) groups is 1. The number of nitro groups is 1. The van der Waals surface area contributed by atoms with Crippen LogP contribution in [-0.2, 0) is 4.74 Å². The Labute approximate surface area is 123 Å². The SMILES string of the molecule is CCOC(=O)c1coc(Oc2ccc(Cl)cc2[N+](=O)[O-])n1. The van der Waals surface area contributed by atoms with Crippen LogP contribution >= 0.6 is 11.6 Å². The van der Waals surface area contributed by atoms with Crippen LogP contribution in [0.1, 0.15) is 17.4 Å². The van der Waals surface area contributed by atoms with Crippen molar-refractivity contribution in [2.24, 2.45) is 0 Å². The maximum Gasteiger partial charge on any atom is 0.400 e. The fourth-order valence-electron chi connectivity index (χ4n) is 1.42. The van der Waals surface area contributed by atoms with E-state index in [4.69, 9.17) is 25.5 Å². The minimum Gasteiger partial charge on any atom is -0.461 e. The van der Waals surface area contributed by atoms with Gasteiger partial charge < -0.3 is 13.9 Å². The number of carbonyl (C=O) groups excluding carboxylic acids is 1. The number of rotatable bonds is 5. The van der Waals surface area contributed by atoms with Crippen LogP contribution in [0.25, 0.3) is 0 Å². The first kappa shape index (κ1) is 14.8. The summed E-state index contributed by atoms with van der Waals surface area (Å²) in [4.78, 5) is 25.4. The molecule has 0 spiro atoms. The van der Waals surface area contributed by atoms with Crippen molar-refractivity contribution >= 4 is 23.3 Å². The summed E-state index contributed by atoms with van der Waals surface area (Å²) in [6.07, 6.45) is 0.721. The van der Waals surface area contributed by atoms with Gasteiger partial charge in [-0.3, -0.25) is 10.1 Å². The molecule has 0 aliphatic heterocycles. The summed E-state index contributed by atoms with van der Waals surface area (Å²) in [5.74, 6) is -0.789. The van der Waals surface area contributed by atoms with Crippen molar-refractivity contribution in [1.82, 2.24) is 4.98 Å². The van der Waals surface area contributed by atoms with Gasteiger partial charge in [-0.25, -0.2) is 4.79 Å². The minimum absolute atomic E-state index is 0.0940. The van der Waals surface area contributed by atoms with Crippen LogP contribution < -0.4 is 4.74 Å². The van der Waals surface area contributed by atoms with Gasteiger partial charge in [-0.1, -0.05) is 11.6 Å². The Morgan fingerprint density at radius 1 is 1.52 bits per heavy atom. The minimum atomic E-state index is -0.679. The molecule has 110 valence electrons. The van der Waals surface area contributed by atoms with Crippen LogP contribution in [0.4, 0.5) is 5.69 Å². The van der Waals surface area contributed by atoms with Crippen molar-refractivity contribution in [3.63, 3.8) is 0 Å². The third kappa shape index (κ3) is 3.48. The zero-order valence-corrected chi connectivity index (χ0v) is 11.5. The Balaban J connectivity index is 2.23.